The molecule has 0 saturated carbocycles. The summed E-state index contributed by atoms with van der Waals surface area (Å²) in [7, 11) is 0.996. The summed E-state index contributed by atoms with van der Waals surface area (Å²) in [6, 6.07) is 2.84. The number of ether oxygens (including phenoxy) is 1. The van der Waals surface area contributed by atoms with Crippen molar-refractivity contribution in [2.45, 2.75) is 25.3 Å². The molecule has 1 aromatic rings. The number of halogens is 3. The number of aliphatic hydroxyl groups excluding tert-OH is 2. The summed E-state index contributed by atoms with van der Waals surface area (Å²) in [4.78, 5) is 11.0. The van der Waals surface area contributed by atoms with Crippen LogP contribution in [0.25, 0.3) is 0 Å². The van der Waals surface area contributed by atoms with Crippen LogP contribution in [0.5, 0.6) is 0 Å². The molecule has 0 spiro atoms. The number of carbonyl (C=O) groups excluding carboxylic acids is 1. The molecule has 1 rings (SSSR count). The Labute approximate surface area is 107 Å². The van der Waals surface area contributed by atoms with Crippen molar-refractivity contribution in [3.63, 3.8) is 0 Å². The van der Waals surface area contributed by atoms with Crippen LogP contribution in [0.3, 0.4) is 0 Å². The standard InChI is InChI=1S/C12H13F3O4/c1-6-3-7(5-8(4-6)12(13,14)15)9(16)10(17)11(18)19-2/h3-5,9-10,16-17H,1-2H3. The minimum atomic E-state index is -4.57. The average Bonchev–Trinajstić information content (AvgIpc) is 2.34. The van der Waals surface area contributed by atoms with Gasteiger partial charge in [0.05, 0.1) is 12.7 Å². The minimum absolute atomic E-state index is 0.203. The van der Waals surface area contributed by atoms with E-state index in [9.17, 15) is 28.2 Å². The second-order valence-electron chi connectivity index (χ2n) is 4.04. The number of rotatable bonds is 3. The molecule has 0 heterocycles. The molecular formula is C12H13F3O4. The maximum Gasteiger partial charge on any atom is 0.416 e. The zero-order chi connectivity index (χ0) is 14.8. The number of methoxy groups -OCH3 is 1. The summed E-state index contributed by atoms with van der Waals surface area (Å²) >= 11 is 0. The fraction of sp³-hybridized carbons (Fsp3) is 0.417. The fourth-order valence-corrected chi connectivity index (χ4v) is 1.58. The maximum absolute atomic E-state index is 12.6. The third kappa shape index (κ3) is 3.68. The number of aliphatic hydroxyl groups is 2. The molecule has 0 bridgehead atoms. The quantitative estimate of drug-likeness (QED) is 0.824. The number of alkyl halides is 3. The summed E-state index contributed by atoms with van der Waals surface area (Å²) in [5, 5.41) is 19.1. The predicted octanol–water partition coefficient (Wildman–Crippen LogP) is 1.58. The summed E-state index contributed by atoms with van der Waals surface area (Å²) < 4.78 is 42.0. The van der Waals surface area contributed by atoms with E-state index >= 15 is 0 Å². The first-order chi connectivity index (χ1) is 8.66. The van der Waals surface area contributed by atoms with Crippen LogP contribution in [0.1, 0.15) is 22.8 Å². The van der Waals surface area contributed by atoms with Gasteiger partial charge in [-0.3, -0.25) is 0 Å². The van der Waals surface area contributed by atoms with E-state index in [1.54, 1.807) is 0 Å². The highest BCUT2D eigenvalue weighted by Gasteiger charge is 2.33. The number of hydrogen-bond acceptors (Lipinski definition) is 4. The molecule has 106 valence electrons. The van der Waals surface area contributed by atoms with Crippen LogP contribution < -0.4 is 0 Å². The van der Waals surface area contributed by atoms with Crippen molar-refractivity contribution in [3.05, 3.63) is 34.9 Å². The van der Waals surface area contributed by atoms with Crippen LogP contribution in [-0.2, 0) is 15.7 Å². The molecule has 0 aromatic heterocycles. The second kappa shape index (κ2) is 5.58. The first-order valence-electron chi connectivity index (χ1n) is 5.29. The van der Waals surface area contributed by atoms with Crippen molar-refractivity contribution in [3.8, 4) is 0 Å². The Morgan fingerprint density at radius 2 is 1.84 bits per heavy atom. The monoisotopic (exact) mass is 278 g/mol. The van der Waals surface area contributed by atoms with Gasteiger partial charge < -0.3 is 14.9 Å². The Kier molecular flexibility index (Phi) is 4.54. The van der Waals surface area contributed by atoms with Crippen molar-refractivity contribution in [2.24, 2.45) is 0 Å². The fourth-order valence-electron chi connectivity index (χ4n) is 1.58. The van der Waals surface area contributed by atoms with Gasteiger partial charge in [0, 0.05) is 0 Å². The van der Waals surface area contributed by atoms with Crippen LogP contribution in [0.4, 0.5) is 13.2 Å². The molecular weight excluding hydrogens is 265 g/mol. The first kappa shape index (κ1) is 15.5. The summed E-state index contributed by atoms with van der Waals surface area (Å²) in [6.07, 6.45) is -8.29. The Balaban J connectivity index is 3.14. The maximum atomic E-state index is 12.6. The topological polar surface area (TPSA) is 66.8 Å². The molecule has 1 aromatic carbocycles. The smallest absolute Gasteiger partial charge is 0.416 e. The molecule has 19 heavy (non-hydrogen) atoms. The van der Waals surface area contributed by atoms with E-state index in [1.165, 1.54) is 13.0 Å². The highest BCUT2D eigenvalue weighted by Crippen LogP contribution is 2.32. The van der Waals surface area contributed by atoms with E-state index in [4.69, 9.17) is 0 Å². The number of hydrogen-bond donors (Lipinski definition) is 2. The SMILES string of the molecule is COC(=O)C(O)C(O)c1cc(C)cc(C(F)(F)F)c1. The molecule has 0 aliphatic rings. The average molecular weight is 278 g/mol. The van der Waals surface area contributed by atoms with Crippen molar-refractivity contribution >= 4 is 5.97 Å². The van der Waals surface area contributed by atoms with Crippen LogP contribution in [-0.4, -0.2) is 29.4 Å². The molecule has 4 nitrogen and oxygen atoms in total. The highest BCUT2D eigenvalue weighted by molar-refractivity contribution is 5.75. The predicted molar refractivity (Wildman–Crippen MR) is 59.2 cm³/mol. The van der Waals surface area contributed by atoms with E-state index in [2.05, 4.69) is 4.74 Å². The van der Waals surface area contributed by atoms with Gasteiger partial charge in [0.15, 0.2) is 6.10 Å². The lowest BCUT2D eigenvalue weighted by Crippen LogP contribution is -2.29. The Morgan fingerprint density at radius 1 is 1.26 bits per heavy atom. The lowest BCUT2D eigenvalue weighted by atomic mass is 9.99. The van der Waals surface area contributed by atoms with Crippen molar-refractivity contribution < 1.29 is 32.9 Å². The molecule has 0 aliphatic heterocycles. The molecule has 0 aliphatic carbocycles. The van der Waals surface area contributed by atoms with Crippen molar-refractivity contribution in [2.75, 3.05) is 7.11 Å². The largest absolute Gasteiger partial charge is 0.467 e. The lowest BCUT2D eigenvalue weighted by molar-refractivity contribution is -0.156. The summed E-state index contributed by atoms with van der Waals surface area (Å²) in [5.41, 5.74) is -0.912. The van der Waals surface area contributed by atoms with Crippen molar-refractivity contribution in [1.82, 2.24) is 0 Å². The van der Waals surface area contributed by atoms with Crippen LogP contribution in [0.2, 0.25) is 0 Å². The van der Waals surface area contributed by atoms with Crippen LogP contribution in [0, 0.1) is 6.92 Å². The Morgan fingerprint density at radius 3 is 2.32 bits per heavy atom. The second-order valence-corrected chi connectivity index (χ2v) is 4.04. The Hall–Kier alpha value is -1.60. The van der Waals surface area contributed by atoms with Gasteiger partial charge in [0.1, 0.15) is 6.10 Å². The number of aryl methyl sites for hydroxylation is 1. The van der Waals surface area contributed by atoms with Gasteiger partial charge in [-0.15, -0.1) is 0 Å². The van der Waals surface area contributed by atoms with E-state index < -0.39 is 29.9 Å². The van der Waals surface area contributed by atoms with E-state index in [0.29, 0.717) is 6.07 Å². The molecule has 2 unspecified atom stereocenters. The van der Waals surface area contributed by atoms with E-state index in [0.717, 1.165) is 13.2 Å². The zero-order valence-electron chi connectivity index (χ0n) is 10.2. The van der Waals surface area contributed by atoms with Gasteiger partial charge in [0.25, 0.3) is 0 Å². The van der Waals surface area contributed by atoms with Gasteiger partial charge >= 0.3 is 12.1 Å². The molecule has 0 amide bonds. The van der Waals surface area contributed by atoms with Crippen LogP contribution in [0.15, 0.2) is 18.2 Å². The third-order valence-corrected chi connectivity index (χ3v) is 2.51. The molecule has 7 heteroatoms. The van der Waals surface area contributed by atoms with E-state index in [1.807, 2.05) is 0 Å². The minimum Gasteiger partial charge on any atom is -0.467 e. The highest BCUT2D eigenvalue weighted by atomic mass is 19.4. The zero-order valence-corrected chi connectivity index (χ0v) is 10.2. The number of benzene rings is 1. The van der Waals surface area contributed by atoms with Gasteiger partial charge in [-0.25, -0.2) is 4.79 Å². The molecule has 0 radical (unpaired) electrons. The lowest BCUT2D eigenvalue weighted by Gasteiger charge is -2.18. The summed E-state index contributed by atoms with van der Waals surface area (Å²) in [6.45, 7) is 1.41. The first-order valence-corrected chi connectivity index (χ1v) is 5.29. The third-order valence-electron chi connectivity index (χ3n) is 2.51. The van der Waals surface area contributed by atoms with Gasteiger partial charge in [-0.2, -0.15) is 13.2 Å². The van der Waals surface area contributed by atoms with Crippen molar-refractivity contribution in [1.29, 1.82) is 0 Å². The van der Waals surface area contributed by atoms with E-state index in [-0.39, 0.29) is 11.1 Å². The van der Waals surface area contributed by atoms with Gasteiger partial charge in [0.2, 0.25) is 0 Å². The molecule has 2 atom stereocenters. The molecule has 0 fully saturated rings. The molecule has 2 N–H and O–H groups in total. The molecule has 0 saturated heterocycles. The number of carbonyl (C=O) groups is 1. The van der Waals surface area contributed by atoms with Crippen LogP contribution >= 0.6 is 0 Å². The number of esters is 1. The Bertz CT molecular complexity index is 471. The van der Waals surface area contributed by atoms with Gasteiger partial charge in [-0.05, 0) is 24.6 Å². The summed E-state index contributed by atoms with van der Waals surface area (Å²) in [5.74, 6) is -1.12. The normalized spacial score (nSPS) is 14.9. The van der Waals surface area contributed by atoms with Gasteiger partial charge in [-0.1, -0.05) is 11.6 Å².